The maximum atomic E-state index is 9.63. The standard InChI is InChI=1S/C17H31NO2/c1-14(19)12-15-6-5-11-18(15)13-16-7-10-17(20-16)8-3-2-4-9-17/h14-16,19H,2-13H2,1H3. The fourth-order valence-corrected chi connectivity index (χ4v) is 4.65. The summed E-state index contributed by atoms with van der Waals surface area (Å²) in [7, 11) is 0. The van der Waals surface area contributed by atoms with Gasteiger partial charge in [0.15, 0.2) is 0 Å². The minimum Gasteiger partial charge on any atom is -0.393 e. The molecule has 0 bridgehead atoms. The molecular formula is C17H31NO2. The average Bonchev–Trinajstić information content (AvgIpc) is 2.99. The Kier molecular flexibility index (Phi) is 4.68. The first-order chi connectivity index (χ1) is 9.67. The van der Waals surface area contributed by atoms with Gasteiger partial charge in [-0.05, 0) is 58.4 Å². The molecule has 3 aliphatic rings. The first-order valence-electron chi connectivity index (χ1n) is 8.77. The van der Waals surface area contributed by atoms with E-state index in [9.17, 15) is 5.11 Å². The summed E-state index contributed by atoms with van der Waals surface area (Å²) in [5.41, 5.74) is 0.252. The van der Waals surface area contributed by atoms with Crippen LogP contribution in [-0.4, -0.2) is 46.9 Å². The van der Waals surface area contributed by atoms with Gasteiger partial charge in [-0.1, -0.05) is 19.3 Å². The first-order valence-corrected chi connectivity index (χ1v) is 8.77. The molecule has 3 atom stereocenters. The quantitative estimate of drug-likeness (QED) is 0.859. The van der Waals surface area contributed by atoms with Crippen LogP contribution in [0.4, 0.5) is 0 Å². The predicted octanol–water partition coefficient (Wildman–Crippen LogP) is 3.10. The molecule has 2 aliphatic heterocycles. The van der Waals surface area contributed by atoms with Gasteiger partial charge in [0.2, 0.25) is 0 Å². The highest BCUT2D eigenvalue weighted by Gasteiger charge is 2.41. The Labute approximate surface area is 123 Å². The molecular weight excluding hydrogens is 250 g/mol. The van der Waals surface area contributed by atoms with Crippen LogP contribution in [0.25, 0.3) is 0 Å². The summed E-state index contributed by atoms with van der Waals surface area (Å²) >= 11 is 0. The molecule has 0 radical (unpaired) electrons. The fraction of sp³-hybridized carbons (Fsp3) is 1.00. The van der Waals surface area contributed by atoms with Crippen molar-refractivity contribution in [2.24, 2.45) is 0 Å². The highest BCUT2D eigenvalue weighted by molar-refractivity contribution is 4.93. The largest absolute Gasteiger partial charge is 0.393 e. The van der Waals surface area contributed by atoms with Gasteiger partial charge in [-0.25, -0.2) is 0 Å². The van der Waals surface area contributed by atoms with Crippen molar-refractivity contribution in [3.05, 3.63) is 0 Å². The number of nitrogens with zero attached hydrogens (tertiary/aromatic N) is 1. The maximum absolute atomic E-state index is 9.63. The van der Waals surface area contributed by atoms with Gasteiger partial charge in [0.1, 0.15) is 0 Å². The van der Waals surface area contributed by atoms with Crippen molar-refractivity contribution in [2.75, 3.05) is 13.1 Å². The lowest BCUT2D eigenvalue weighted by Gasteiger charge is -2.34. The molecule has 0 amide bonds. The van der Waals surface area contributed by atoms with Gasteiger partial charge in [-0.2, -0.15) is 0 Å². The van der Waals surface area contributed by atoms with E-state index in [1.54, 1.807) is 0 Å². The van der Waals surface area contributed by atoms with E-state index in [4.69, 9.17) is 4.74 Å². The number of ether oxygens (including phenoxy) is 1. The second kappa shape index (κ2) is 6.33. The lowest BCUT2D eigenvalue weighted by Crippen LogP contribution is -2.39. The summed E-state index contributed by atoms with van der Waals surface area (Å²) in [6.45, 7) is 4.21. The van der Waals surface area contributed by atoms with Gasteiger partial charge in [-0.3, -0.25) is 4.90 Å². The van der Waals surface area contributed by atoms with Gasteiger partial charge in [0, 0.05) is 12.6 Å². The summed E-state index contributed by atoms with van der Waals surface area (Å²) in [6, 6.07) is 0.585. The second-order valence-electron chi connectivity index (χ2n) is 7.40. The zero-order valence-electron chi connectivity index (χ0n) is 13.0. The van der Waals surface area contributed by atoms with Crippen molar-refractivity contribution in [3.63, 3.8) is 0 Å². The molecule has 0 aromatic carbocycles. The molecule has 1 saturated carbocycles. The zero-order chi connectivity index (χ0) is 14.0. The SMILES string of the molecule is CC(O)CC1CCCN1CC1CCC2(CCCCC2)O1. The Morgan fingerprint density at radius 2 is 1.95 bits per heavy atom. The van der Waals surface area contributed by atoms with Crippen LogP contribution >= 0.6 is 0 Å². The van der Waals surface area contributed by atoms with Crippen molar-refractivity contribution in [1.29, 1.82) is 0 Å². The normalized spacial score (nSPS) is 35.7. The molecule has 2 heterocycles. The van der Waals surface area contributed by atoms with Crippen LogP contribution in [0.15, 0.2) is 0 Å². The molecule has 3 heteroatoms. The van der Waals surface area contributed by atoms with Gasteiger partial charge >= 0.3 is 0 Å². The molecule has 20 heavy (non-hydrogen) atoms. The first kappa shape index (κ1) is 14.8. The predicted molar refractivity (Wildman–Crippen MR) is 80.8 cm³/mol. The van der Waals surface area contributed by atoms with E-state index in [1.807, 2.05) is 6.92 Å². The van der Waals surface area contributed by atoms with Crippen molar-refractivity contribution in [2.45, 2.75) is 95.0 Å². The molecule has 3 nitrogen and oxygen atoms in total. The summed E-state index contributed by atoms with van der Waals surface area (Å²) in [4.78, 5) is 2.58. The Bertz CT molecular complexity index is 312. The van der Waals surface area contributed by atoms with Gasteiger partial charge in [-0.15, -0.1) is 0 Å². The minimum atomic E-state index is -0.171. The zero-order valence-corrected chi connectivity index (χ0v) is 13.0. The Morgan fingerprint density at radius 1 is 1.15 bits per heavy atom. The summed E-state index contributed by atoms with van der Waals surface area (Å²) in [6.07, 6.45) is 13.0. The number of hydrogen-bond donors (Lipinski definition) is 1. The molecule has 3 rings (SSSR count). The average molecular weight is 281 g/mol. The topological polar surface area (TPSA) is 32.7 Å². The minimum absolute atomic E-state index is 0.171. The highest BCUT2D eigenvalue weighted by atomic mass is 16.5. The van der Waals surface area contributed by atoms with E-state index >= 15 is 0 Å². The van der Waals surface area contributed by atoms with E-state index in [2.05, 4.69) is 4.90 Å². The molecule has 3 fully saturated rings. The van der Waals surface area contributed by atoms with Gasteiger partial charge < -0.3 is 9.84 Å². The number of aliphatic hydroxyl groups is 1. The number of aliphatic hydroxyl groups excluding tert-OH is 1. The summed E-state index contributed by atoms with van der Waals surface area (Å²) < 4.78 is 6.50. The van der Waals surface area contributed by atoms with E-state index in [0.29, 0.717) is 12.1 Å². The third-order valence-corrected chi connectivity index (χ3v) is 5.65. The third kappa shape index (κ3) is 3.37. The van der Waals surface area contributed by atoms with Crippen LogP contribution in [-0.2, 0) is 4.74 Å². The third-order valence-electron chi connectivity index (χ3n) is 5.65. The number of rotatable bonds is 4. The van der Waals surface area contributed by atoms with E-state index < -0.39 is 0 Å². The van der Waals surface area contributed by atoms with Crippen LogP contribution in [0.5, 0.6) is 0 Å². The molecule has 0 aromatic rings. The van der Waals surface area contributed by atoms with Crippen molar-refractivity contribution >= 4 is 0 Å². The smallest absolute Gasteiger partial charge is 0.0710 e. The van der Waals surface area contributed by atoms with E-state index in [1.165, 1.54) is 64.3 Å². The second-order valence-corrected chi connectivity index (χ2v) is 7.40. The molecule has 0 aromatic heterocycles. The Hall–Kier alpha value is -0.120. The van der Waals surface area contributed by atoms with Crippen molar-refractivity contribution in [1.82, 2.24) is 4.90 Å². The summed E-state index contributed by atoms with van der Waals surface area (Å²) in [5, 5.41) is 9.63. The van der Waals surface area contributed by atoms with Crippen molar-refractivity contribution < 1.29 is 9.84 Å². The van der Waals surface area contributed by atoms with Crippen LogP contribution in [0.3, 0.4) is 0 Å². The van der Waals surface area contributed by atoms with Crippen LogP contribution in [0.1, 0.15) is 71.1 Å². The lowest BCUT2D eigenvalue weighted by atomic mass is 9.83. The molecule has 1 spiro atoms. The molecule has 1 N–H and O–H groups in total. The molecule has 3 unspecified atom stereocenters. The highest BCUT2D eigenvalue weighted by Crippen LogP contribution is 2.42. The van der Waals surface area contributed by atoms with Gasteiger partial charge in [0.25, 0.3) is 0 Å². The molecule has 1 aliphatic carbocycles. The fourth-order valence-electron chi connectivity index (χ4n) is 4.65. The monoisotopic (exact) mass is 281 g/mol. The lowest BCUT2D eigenvalue weighted by molar-refractivity contribution is -0.0734. The van der Waals surface area contributed by atoms with Crippen LogP contribution in [0.2, 0.25) is 0 Å². The van der Waals surface area contributed by atoms with Crippen LogP contribution in [0, 0.1) is 0 Å². The summed E-state index contributed by atoms with van der Waals surface area (Å²) in [5.74, 6) is 0. The molecule has 2 saturated heterocycles. The maximum Gasteiger partial charge on any atom is 0.0710 e. The van der Waals surface area contributed by atoms with E-state index in [-0.39, 0.29) is 11.7 Å². The van der Waals surface area contributed by atoms with Gasteiger partial charge in [0.05, 0.1) is 17.8 Å². The number of hydrogen-bond acceptors (Lipinski definition) is 3. The number of likely N-dealkylation sites (tertiary alicyclic amines) is 1. The van der Waals surface area contributed by atoms with E-state index in [0.717, 1.165) is 13.0 Å². The Balaban J connectivity index is 1.51. The molecule has 116 valence electrons. The van der Waals surface area contributed by atoms with Crippen LogP contribution < -0.4 is 0 Å². The van der Waals surface area contributed by atoms with Crippen molar-refractivity contribution in [3.8, 4) is 0 Å². The Morgan fingerprint density at radius 3 is 2.70 bits per heavy atom.